The summed E-state index contributed by atoms with van der Waals surface area (Å²) >= 11 is 0. The molecule has 0 aliphatic heterocycles. The molecule has 0 aliphatic carbocycles. The number of Topliss-reactive ketones (excluding diaryl/α,β-unsaturated/α-hetero) is 1. The van der Waals surface area contributed by atoms with E-state index in [1.807, 2.05) is 24.3 Å². The Bertz CT molecular complexity index is 580. The van der Waals surface area contributed by atoms with Gasteiger partial charge in [-0.05, 0) is 31.9 Å². The molecular weight excluding hydrogens is 216 g/mol. The van der Waals surface area contributed by atoms with Crippen LogP contribution < -0.4 is 5.69 Å². The Balaban J connectivity index is 2.10. The van der Waals surface area contributed by atoms with Gasteiger partial charge in [0.2, 0.25) is 0 Å². The van der Waals surface area contributed by atoms with Crippen molar-refractivity contribution in [3.63, 3.8) is 0 Å². The van der Waals surface area contributed by atoms with Gasteiger partial charge in [0.05, 0.1) is 11.0 Å². The normalized spacial score (nSPS) is 10.9. The number of unbranched alkanes of at least 4 members (excludes halogenated alkanes) is 1. The van der Waals surface area contributed by atoms with Crippen LogP contribution in [0.1, 0.15) is 26.2 Å². The van der Waals surface area contributed by atoms with E-state index in [1.54, 1.807) is 11.5 Å². The molecule has 0 saturated heterocycles. The van der Waals surface area contributed by atoms with E-state index in [0.29, 0.717) is 13.0 Å². The van der Waals surface area contributed by atoms with Crippen molar-refractivity contribution >= 4 is 16.8 Å². The second-order valence-corrected chi connectivity index (χ2v) is 4.26. The first kappa shape index (κ1) is 11.6. The van der Waals surface area contributed by atoms with Crippen LogP contribution in [-0.2, 0) is 11.3 Å². The lowest BCUT2D eigenvalue weighted by atomic mass is 10.2. The van der Waals surface area contributed by atoms with Crippen LogP contribution in [0, 0.1) is 0 Å². The smallest absolute Gasteiger partial charge is 0.306 e. The number of aryl methyl sites for hydroxylation is 1. The summed E-state index contributed by atoms with van der Waals surface area (Å²) < 4.78 is 1.73. The highest BCUT2D eigenvalue weighted by atomic mass is 16.1. The number of para-hydroxylation sites is 2. The van der Waals surface area contributed by atoms with E-state index in [0.717, 1.165) is 23.9 Å². The Labute approximate surface area is 99.3 Å². The molecule has 1 N–H and O–H groups in total. The molecule has 0 spiro atoms. The third kappa shape index (κ3) is 2.64. The Morgan fingerprint density at radius 1 is 1.29 bits per heavy atom. The Morgan fingerprint density at radius 3 is 2.82 bits per heavy atom. The highest BCUT2D eigenvalue weighted by molar-refractivity contribution is 5.75. The number of carbonyl (C=O) groups is 1. The number of nitrogens with zero attached hydrogens (tertiary/aromatic N) is 1. The van der Waals surface area contributed by atoms with Gasteiger partial charge in [0.15, 0.2) is 0 Å². The van der Waals surface area contributed by atoms with Crippen molar-refractivity contribution in [2.24, 2.45) is 0 Å². The van der Waals surface area contributed by atoms with E-state index in [4.69, 9.17) is 0 Å². The zero-order valence-electron chi connectivity index (χ0n) is 9.90. The number of aromatic amines is 1. The molecule has 0 bridgehead atoms. The average Bonchev–Trinajstić information content (AvgIpc) is 2.60. The molecule has 0 atom stereocenters. The molecule has 0 unspecified atom stereocenters. The van der Waals surface area contributed by atoms with E-state index in [2.05, 4.69) is 4.98 Å². The minimum absolute atomic E-state index is 0.0750. The van der Waals surface area contributed by atoms with Crippen LogP contribution in [0.5, 0.6) is 0 Å². The molecule has 1 aromatic heterocycles. The van der Waals surface area contributed by atoms with Crippen LogP contribution in [0.4, 0.5) is 0 Å². The number of carbonyl (C=O) groups excluding carboxylic acids is 1. The van der Waals surface area contributed by atoms with Crippen molar-refractivity contribution < 1.29 is 4.79 Å². The number of H-pyrrole nitrogens is 1. The first-order valence-corrected chi connectivity index (χ1v) is 5.85. The first-order valence-electron chi connectivity index (χ1n) is 5.85. The maximum Gasteiger partial charge on any atom is 0.326 e. The summed E-state index contributed by atoms with van der Waals surface area (Å²) in [6, 6.07) is 7.64. The fourth-order valence-corrected chi connectivity index (χ4v) is 1.97. The van der Waals surface area contributed by atoms with Gasteiger partial charge in [-0.2, -0.15) is 0 Å². The Kier molecular flexibility index (Phi) is 3.42. The largest absolute Gasteiger partial charge is 0.326 e. The summed E-state index contributed by atoms with van der Waals surface area (Å²) in [5, 5.41) is 0. The van der Waals surface area contributed by atoms with Gasteiger partial charge < -0.3 is 9.78 Å². The van der Waals surface area contributed by atoms with Gasteiger partial charge in [0.1, 0.15) is 5.78 Å². The predicted molar refractivity (Wildman–Crippen MR) is 67.1 cm³/mol. The number of fused-ring (bicyclic) bond motifs is 1. The second-order valence-electron chi connectivity index (χ2n) is 4.26. The maximum absolute atomic E-state index is 11.7. The molecule has 0 aliphatic rings. The minimum Gasteiger partial charge on any atom is -0.306 e. The number of nitrogens with one attached hydrogen (secondary N) is 1. The second kappa shape index (κ2) is 4.99. The van der Waals surface area contributed by atoms with Crippen molar-refractivity contribution in [1.82, 2.24) is 9.55 Å². The maximum atomic E-state index is 11.7. The molecule has 2 aromatic rings. The first-order chi connectivity index (χ1) is 8.18. The molecule has 1 heterocycles. The van der Waals surface area contributed by atoms with E-state index < -0.39 is 0 Å². The minimum atomic E-state index is -0.0750. The summed E-state index contributed by atoms with van der Waals surface area (Å²) in [5.74, 6) is 0.205. The monoisotopic (exact) mass is 232 g/mol. The van der Waals surface area contributed by atoms with E-state index in [9.17, 15) is 9.59 Å². The quantitative estimate of drug-likeness (QED) is 0.802. The van der Waals surface area contributed by atoms with Crippen molar-refractivity contribution in [3.05, 3.63) is 34.7 Å². The lowest BCUT2D eigenvalue weighted by Gasteiger charge is -2.02. The molecule has 4 heteroatoms. The number of aromatic nitrogens is 2. The fraction of sp³-hybridized carbons (Fsp3) is 0.385. The average molecular weight is 232 g/mol. The topological polar surface area (TPSA) is 54.9 Å². The molecule has 0 saturated carbocycles. The summed E-state index contributed by atoms with van der Waals surface area (Å²) in [6.45, 7) is 2.26. The van der Waals surface area contributed by atoms with Gasteiger partial charge in [-0.15, -0.1) is 0 Å². The molecule has 2 rings (SSSR count). The van der Waals surface area contributed by atoms with Crippen molar-refractivity contribution in [3.8, 4) is 0 Å². The van der Waals surface area contributed by atoms with Crippen molar-refractivity contribution in [2.75, 3.05) is 0 Å². The molecule has 0 fully saturated rings. The van der Waals surface area contributed by atoms with Crippen molar-refractivity contribution in [2.45, 2.75) is 32.7 Å². The van der Waals surface area contributed by atoms with Gasteiger partial charge in [-0.25, -0.2) is 4.79 Å². The third-order valence-corrected chi connectivity index (χ3v) is 2.84. The van der Waals surface area contributed by atoms with Crippen LogP contribution in [-0.4, -0.2) is 15.3 Å². The lowest BCUT2D eigenvalue weighted by Crippen LogP contribution is -2.16. The van der Waals surface area contributed by atoms with Gasteiger partial charge in [0, 0.05) is 13.0 Å². The van der Waals surface area contributed by atoms with Crippen molar-refractivity contribution in [1.29, 1.82) is 0 Å². The summed E-state index contributed by atoms with van der Waals surface area (Å²) in [7, 11) is 0. The Morgan fingerprint density at radius 2 is 2.06 bits per heavy atom. The number of hydrogen-bond donors (Lipinski definition) is 1. The standard InChI is InChI=1S/C13H16N2O2/c1-10(16)6-4-5-9-15-12-8-3-2-7-11(12)14-13(15)17/h2-3,7-8H,4-6,9H2,1H3,(H,14,17). The van der Waals surface area contributed by atoms with E-state index >= 15 is 0 Å². The highest BCUT2D eigenvalue weighted by Gasteiger charge is 2.05. The fourth-order valence-electron chi connectivity index (χ4n) is 1.97. The Hall–Kier alpha value is -1.84. The van der Waals surface area contributed by atoms with Gasteiger partial charge >= 0.3 is 5.69 Å². The SMILES string of the molecule is CC(=O)CCCCn1c(=O)[nH]c2ccccc21. The molecule has 0 amide bonds. The third-order valence-electron chi connectivity index (χ3n) is 2.84. The summed E-state index contributed by atoms with van der Waals surface area (Å²) in [4.78, 5) is 25.3. The van der Waals surface area contributed by atoms with Gasteiger partial charge in [-0.3, -0.25) is 4.57 Å². The summed E-state index contributed by atoms with van der Waals surface area (Å²) in [5.41, 5.74) is 1.72. The number of rotatable bonds is 5. The van der Waals surface area contributed by atoms with Crippen LogP contribution in [0.15, 0.2) is 29.1 Å². The molecule has 4 nitrogen and oxygen atoms in total. The number of imidazole rings is 1. The molecule has 0 radical (unpaired) electrons. The van der Waals surface area contributed by atoms with Crippen LogP contribution >= 0.6 is 0 Å². The zero-order chi connectivity index (χ0) is 12.3. The van der Waals surface area contributed by atoms with Gasteiger partial charge in [-0.1, -0.05) is 12.1 Å². The van der Waals surface area contributed by atoms with Crippen LogP contribution in [0.2, 0.25) is 0 Å². The molecule has 1 aromatic carbocycles. The van der Waals surface area contributed by atoms with Gasteiger partial charge in [0.25, 0.3) is 0 Å². The van der Waals surface area contributed by atoms with Crippen LogP contribution in [0.25, 0.3) is 11.0 Å². The van der Waals surface area contributed by atoms with E-state index in [-0.39, 0.29) is 11.5 Å². The molecule has 17 heavy (non-hydrogen) atoms. The number of hydrogen-bond acceptors (Lipinski definition) is 2. The number of benzene rings is 1. The van der Waals surface area contributed by atoms with Crippen LogP contribution in [0.3, 0.4) is 0 Å². The molecule has 90 valence electrons. The predicted octanol–water partition coefficient (Wildman–Crippen LogP) is 2.09. The summed E-state index contributed by atoms with van der Waals surface area (Å²) in [6.07, 6.45) is 2.28. The van der Waals surface area contributed by atoms with E-state index in [1.165, 1.54) is 0 Å². The lowest BCUT2D eigenvalue weighted by molar-refractivity contribution is -0.117. The molecular formula is C13H16N2O2. The zero-order valence-corrected chi connectivity index (χ0v) is 9.90. The highest BCUT2D eigenvalue weighted by Crippen LogP contribution is 2.10. The number of ketones is 1.